The Bertz CT molecular complexity index is 3800. The standard InChI is InChI=1S/C68H46N2/c1-5-19-47(20-6-1)35-37-49-39-43-53(44-40-49)69(51-23-9-3-10-24-51)67-57-29-15-13-27-55(57)63-60-32-18-34-62-66(60)64(59-31-17-33-61(67)65(59)63)56-28-14-16-30-58(56)68(62)70(52-25-11-4-12-26-52)54-45-41-50(42-46-54)38-36-48-21-7-2-8-22-48/h1-46H/b37-35+,38-36+. The number of para-hydroxylation sites is 2. The molecule has 0 aliphatic heterocycles. The highest BCUT2D eigenvalue weighted by Crippen LogP contribution is 2.54. The molecule has 2 nitrogen and oxygen atoms in total. The van der Waals surface area contributed by atoms with Gasteiger partial charge in [-0.25, -0.2) is 0 Å². The summed E-state index contributed by atoms with van der Waals surface area (Å²) in [5, 5.41) is 14.9. The van der Waals surface area contributed by atoms with Gasteiger partial charge in [0.1, 0.15) is 0 Å². The molecule has 0 atom stereocenters. The first-order chi connectivity index (χ1) is 34.8. The summed E-state index contributed by atoms with van der Waals surface area (Å²) in [6.07, 6.45) is 8.74. The highest BCUT2D eigenvalue weighted by Gasteiger charge is 2.27. The van der Waals surface area contributed by atoms with Crippen molar-refractivity contribution < 1.29 is 0 Å². The van der Waals surface area contributed by atoms with Gasteiger partial charge in [-0.3, -0.25) is 0 Å². The average Bonchev–Trinajstić information content (AvgIpc) is 3.43. The molecule has 13 aromatic rings. The van der Waals surface area contributed by atoms with Gasteiger partial charge in [-0.15, -0.1) is 0 Å². The zero-order chi connectivity index (χ0) is 46.4. The number of hydrogen-bond acceptors (Lipinski definition) is 2. The first-order valence-corrected chi connectivity index (χ1v) is 24.1. The molecule has 13 rings (SSSR count). The predicted octanol–water partition coefficient (Wildman–Crippen LogP) is 19.3. The van der Waals surface area contributed by atoms with E-state index in [0.717, 1.165) is 33.9 Å². The second-order valence-electron chi connectivity index (χ2n) is 18.0. The molecule has 0 saturated heterocycles. The van der Waals surface area contributed by atoms with Crippen molar-refractivity contribution in [2.75, 3.05) is 9.80 Å². The van der Waals surface area contributed by atoms with Gasteiger partial charge < -0.3 is 9.80 Å². The van der Waals surface area contributed by atoms with E-state index in [1.807, 2.05) is 0 Å². The fourth-order valence-electron chi connectivity index (χ4n) is 10.8. The lowest BCUT2D eigenvalue weighted by Gasteiger charge is -2.31. The minimum Gasteiger partial charge on any atom is -0.309 e. The lowest BCUT2D eigenvalue weighted by atomic mass is 9.83. The Hall–Kier alpha value is -9.24. The van der Waals surface area contributed by atoms with Crippen LogP contribution in [-0.2, 0) is 0 Å². The molecule has 0 amide bonds. The van der Waals surface area contributed by atoms with E-state index >= 15 is 0 Å². The second kappa shape index (κ2) is 17.4. The van der Waals surface area contributed by atoms with Gasteiger partial charge in [0, 0.05) is 55.1 Å². The van der Waals surface area contributed by atoms with Crippen LogP contribution >= 0.6 is 0 Å². The van der Waals surface area contributed by atoms with E-state index in [4.69, 9.17) is 0 Å². The van der Waals surface area contributed by atoms with Gasteiger partial charge in [0.15, 0.2) is 0 Å². The zero-order valence-corrected chi connectivity index (χ0v) is 38.5. The van der Waals surface area contributed by atoms with Crippen molar-refractivity contribution in [2.24, 2.45) is 0 Å². The summed E-state index contributed by atoms with van der Waals surface area (Å²) in [4.78, 5) is 4.93. The van der Waals surface area contributed by atoms with Crippen molar-refractivity contribution in [3.63, 3.8) is 0 Å². The van der Waals surface area contributed by atoms with E-state index in [1.165, 1.54) is 87.1 Å². The van der Waals surface area contributed by atoms with Crippen molar-refractivity contribution in [3.05, 3.63) is 277 Å². The molecule has 0 radical (unpaired) electrons. The molecule has 0 aliphatic rings. The van der Waals surface area contributed by atoms with Crippen molar-refractivity contribution >= 4 is 123 Å². The number of hydrogen-bond donors (Lipinski definition) is 0. The van der Waals surface area contributed by atoms with Crippen molar-refractivity contribution in [3.8, 4) is 0 Å². The predicted molar refractivity (Wildman–Crippen MR) is 303 cm³/mol. The van der Waals surface area contributed by atoms with Crippen LogP contribution in [0, 0.1) is 0 Å². The molecule has 0 N–H and O–H groups in total. The fraction of sp³-hybridized carbons (Fsp3) is 0. The zero-order valence-electron chi connectivity index (χ0n) is 38.5. The lowest BCUT2D eigenvalue weighted by Crippen LogP contribution is -2.12. The first-order valence-electron chi connectivity index (χ1n) is 24.1. The maximum absolute atomic E-state index is 2.47. The molecule has 0 spiro atoms. The Kier molecular flexibility index (Phi) is 10.2. The third-order valence-electron chi connectivity index (χ3n) is 13.9. The van der Waals surface area contributed by atoms with Crippen LogP contribution in [0.15, 0.2) is 255 Å². The van der Waals surface area contributed by atoms with Gasteiger partial charge in [-0.2, -0.15) is 0 Å². The van der Waals surface area contributed by atoms with Crippen LogP contribution < -0.4 is 9.80 Å². The van der Waals surface area contributed by atoms with E-state index < -0.39 is 0 Å². The van der Waals surface area contributed by atoms with Crippen LogP contribution in [0.5, 0.6) is 0 Å². The molecule has 0 unspecified atom stereocenters. The molecular formula is C68H46N2. The summed E-state index contributed by atoms with van der Waals surface area (Å²) in [6.45, 7) is 0. The normalized spacial score (nSPS) is 11.9. The maximum atomic E-state index is 2.47. The molecule has 2 heteroatoms. The Balaban J connectivity index is 1.07. The van der Waals surface area contributed by atoms with Crippen molar-refractivity contribution in [2.45, 2.75) is 0 Å². The molecule has 0 aromatic heterocycles. The van der Waals surface area contributed by atoms with Crippen LogP contribution in [-0.4, -0.2) is 0 Å². The molecule has 0 heterocycles. The van der Waals surface area contributed by atoms with E-state index in [-0.39, 0.29) is 0 Å². The van der Waals surface area contributed by atoms with Crippen LogP contribution in [0.1, 0.15) is 22.3 Å². The van der Waals surface area contributed by atoms with E-state index in [1.54, 1.807) is 0 Å². The second-order valence-corrected chi connectivity index (χ2v) is 18.0. The van der Waals surface area contributed by atoms with Gasteiger partial charge in [-0.05, 0) is 103 Å². The smallest absolute Gasteiger partial charge is 0.0619 e. The largest absolute Gasteiger partial charge is 0.309 e. The summed E-state index contributed by atoms with van der Waals surface area (Å²) >= 11 is 0. The maximum Gasteiger partial charge on any atom is 0.0619 e. The van der Waals surface area contributed by atoms with Crippen LogP contribution in [0.4, 0.5) is 34.1 Å². The summed E-state index contributed by atoms with van der Waals surface area (Å²) in [5.41, 5.74) is 11.4. The molecular weight excluding hydrogens is 845 g/mol. The minimum absolute atomic E-state index is 1.10. The third-order valence-corrected chi connectivity index (χ3v) is 13.9. The van der Waals surface area contributed by atoms with E-state index in [9.17, 15) is 0 Å². The summed E-state index contributed by atoms with van der Waals surface area (Å²) < 4.78 is 0. The Morgan fingerprint density at radius 1 is 0.186 bits per heavy atom. The molecule has 70 heavy (non-hydrogen) atoms. The summed E-state index contributed by atoms with van der Waals surface area (Å²) in [5.74, 6) is 0. The van der Waals surface area contributed by atoms with Crippen molar-refractivity contribution in [1.82, 2.24) is 0 Å². The van der Waals surface area contributed by atoms with Crippen LogP contribution in [0.25, 0.3) is 88.9 Å². The average molecular weight is 891 g/mol. The van der Waals surface area contributed by atoms with Gasteiger partial charge in [0.2, 0.25) is 0 Å². The molecule has 0 aliphatic carbocycles. The quantitative estimate of drug-likeness (QED) is 0.0767. The van der Waals surface area contributed by atoms with Crippen LogP contribution in [0.2, 0.25) is 0 Å². The number of anilines is 6. The van der Waals surface area contributed by atoms with E-state index in [2.05, 4.69) is 289 Å². The van der Waals surface area contributed by atoms with Gasteiger partial charge in [0.05, 0.1) is 11.4 Å². The Labute approximate surface area is 407 Å². The number of fused-ring (bicyclic) bond motifs is 6. The molecule has 0 fully saturated rings. The topological polar surface area (TPSA) is 6.48 Å². The highest BCUT2D eigenvalue weighted by atomic mass is 15.2. The molecule has 0 bridgehead atoms. The van der Waals surface area contributed by atoms with Gasteiger partial charge >= 0.3 is 0 Å². The number of benzene rings is 13. The fourth-order valence-corrected chi connectivity index (χ4v) is 10.8. The lowest BCUT2D eigenvalue weighted by molar-refractivity contribution is 1.31. The number of nitrogens with zero attached hydrogens (tertiary/aromatic N) is 2. The first kappa shape index (κ1) is 41.0. The SMILES string of the molecule is C(=C\c1ccc(N(c2ccccc2)c2c3ccccc3c3c4cccc5c(N(c6ccccc6)c6ccc(/C=C/c7ccccc7)cc6)c6ccccc6c(c6cccc2c63)c54)cc1)/c1ccccc1. The summed E-state index contributed by atoms with van der Waals surface area (Å²) in [7, 11) is 0. The van der Waals surface area contributed by atoms with Crippen molar-refractivity contribution in [1.29, 1.82) is 0 Å². The van der Waals surface area contributed by atoms with Gasteiger partial charge in [0.25, 0.3) is 0 Å². The van der Waals surface area contributed by atoms with Gasteiger partial charge in [-0.1, -0.05) is 231 Å². The molecule has 328 valence electrons. The van der Waals surface area contributed by atoms with Crippen LogP contribution in [0.3, 0.4) is 0 Å². The number of rotatable bonds is 10. The molecule has 13 aromatic carbocycles. The molecule has 0 saturated carbocycles. The highest BCUT2D eigenvalue weighted by molar-refractivity contribution is 6.45. The third kappa shape index (κ3) is 7.05. The summed E-state index contributed by atoms with van der Waals surface area (Å²) in [6, 6.07) is 92.7. The Morgan fingerprint density at radius 2 is 0.443 bits per heavy atom. The Morgan fingerprint density at radius 3 is 0.814 bits per heavy atom. The monoisotopic (exact) mass is 890 g/mol. The van der Waals surface area contributed by atoms with E-state index in [0.29, 0.717) is 0 Å². The minimum atomic E-state index is 1.10.